The standard InChI is InChI=1S/C11H21NO3.C4H7N3.CH4O/c1-11(2,3)15-10(13)12-9-5-4-7-14-8-6-9;1-7-3-4(5)2-6-7;1-2/h9H,4-8H2,1-3H3,(H,12,13);2-3H,5H2,1H3;2H,1H3. The zero-order valence-corrected chi connectivity index (χ0v) is 15.4. The summed E-state index contributed by atoms with van der Waals surface area (Å²) in [5, 5.41) is 13.7. The van der Waals surface area contributed by atoms with Gasteiger partial charge in [-0.05, 0) is 40.0 Å². The van der Waals surface area contributed by atoms with E-state index in [4.69, 9.17) is 20.3 Å². The number of anilines is 1. The number of nitrogen functional groups attached to an aromatic ring is 1. The maximum atomic E-state index is 11.5. The minimum Gasteiger partial charge on any atom is -0.444 e. The summed E-state index contributed by atoms with van der Waals surface area (Å²) in [6, 6.07) is 0.197. The molecular weight excluding hydrogens is 312 g/mol. The Morgan fingerprint density at radius 2 is 2.08 bits per heavy atom. The Morgan fingerprint density at radius 3 is 2.54 bits per heavy atom. The summed E-state index contributed by atoms with van der Waals surface area (Å²) in [6.45, 7) is 7.11. The van der Waals surface area contributed by atoms with Gasteiger partial charge in [0.15, 0.2) is 0 Å². The number of aliphatic hydroxyl groups is 1. The molecule has 140 valence electrons. The fourth-order valence-corrected chi connectivity index (χ4v) is 1.96. The van der Waals surface area contributed by atoms with Crippen molar-refractivity contribution in [3.8, 4) is 0 Å². The van der Waals surface area contributed by atoms with Gasteiger partial charge in [0.05, 0.1) is 11.9 Å². The molecule has 1 aromatic heterocycles. The smallest absolute Gasteiger partial charge is 0.407 e. The first-order chi connectivity index (χ1) is 11.3. The number of alkyl carbamates (subject to hydrolysis) is 1. The Kier molecular flexibility index (Phi) is 10.8. The van der Waals surface area contributed by atoms with Crippen molar-refractivity contribution in [2.75, 3.05) is 26.1 Å². The van der Waals surface area contributed by atoms with Crippen molar-refractivity contribution in [3.63, 3.8) is 0 Å². The number of hydrogen-bond acceptors (Lipinski definition) is 6. The summed E-state index contributed by atoms with van der Waals surface area (Å²) < 4.78 is 12.2. The Labute approximate surface area is 144 Å². The maximum absolute atomic E-state index is 11.5. The van der Waals surface area contributed by atoms with Crippen LogP contribution in [-0.4, -0.2) is 52.9 Å². The highest BCUT2D eigenvalue weighted by Gasteiger charge is 2.20. The van der Waals surface area contributed by atoms with Crippen LogP contribution in [0, 0.1) is 0 Å². The molecule has 1 unspecified atom stereocenters. The van der Waals surface area contributed by atoms with Crippen LogP contribution < -0.4 is 11.1 Å². The van der Waals surface area contributed by atoms with Gasteiger partial charge in [-0.15, -0.1) is 0 Å². The lowest BCUT2D eigenvalue weighted by atomic mass is 10.1. The highest BCUT2D eigenvalue weighted by Crippen LogP contribution is 2.11. The van der Waals surface area contributed by atoms with E-state index in [2.05, 4.69) is 10.4 Å². The largest absolute Gasteiger partial charge is 0.444 e. The van der Waals surface area contributed by atoms with Crippen LogP contribution in [0.5, 0.6) is 0 Å². The molecule has 0 aliphatic carbocycles. The summed E-state index contributed by atoms with van der Waals surface area (Å²) in [5.74, 6) is 0. The van der Waals surface area contributed by atoms with E-state index in [9.17, 15) is 4.79 Å². The summed E-state index contributed by atoms with van der Waals surface area (Å²) >= 11 is 0. The molecule has 1 atom stereocenters. The number of hydrogen-bond donors (Lipinski definition) is 3. The van der Waals surface area contributed by atoms with Gasteiger partial charge in [-0.3, -0.25) is 4.68 Å². The molecule has 2 heterocycles. The van der Waals surface area contributed by atoms with E-state index in [1.807, 2.05) is 27.8 Å². The number of nitrogens with zero attached hydrogens (tertiary/aromatic N) is 2. The van der Waals surface area contributed by atoms with E-state index in [0.29, 0.717) is 5.69 Å². The van der Waals surface area contributed by atoms with E-state index < -0.39 is 5.60 Å². The summed E-state index contributed by atoms with van der Waals surface area (Å²) in [6.07, 6.45) is 5.88. The summed E-state index contributed by atoms with van der Waals surface area (Å²) in [5.41, 5.74) is 5.58. The molecule has 2 rings (SSSR count). The minimum atomic E-state index is -0.425. The monoisotopic (exact) mass is 344 g/mol. The zero-order chi connectivity index (χ0) is 18.6. The number of carbonyl (C=O) groups is 1. The van der Waals surface area contributed by atoms with Gasteiger partial charge in [-0.25, -0.2) is 4.79 Å². The molecule has 0 bridgehead atoms. The van der Waals surface area contributed by atoms with Gasteiger partial charge in [-0.2, -0.15) is 5.10 Å². The number of nitrogens with one attached hydrogen (secondary N) is 1. The van der Waals surface area contributed by atoms with Crippen molar-refractivity contribution in [2.24, 2.45) is 7.05 Å². The Bertz CT molecular complexity index is 433. The highest BCUT2D eigenvalue weighted by molar-refractivity contribution is 5.68. The van der Waals surface area contributed by atoms with Crippen LogP contribution in [0.15, 0.2) is 12.4 Å². The van der Waals surface area contributed by atoms with Gasteiger partial charge in [0.2, 0.25) is 0 Å². The lowest BCUT2D eigenvalue weighted by Gasteiger charge is -2.22. The average molecular weight is 344 g/mol. The topological polar surface area (TPSA) is 112 Å². The van der Waals surface area contributed by atoms with Gasteiger partial charge >= 0.3 is 6.09 Å². The first kappa shape index (κ1) is 22.2. The van der Waals surface area contributed by atoms with Crippen molar-refractivity contribution in [3.05, 3.63) is 12.4 Å². The van der Waals surface area contributed by atoms with Crippen LogP contribution in [0.2, 0.25) is 0 Å². The first-order valence-corrected chi connectivity index (χ1v) is 8.02. The molecule has 8 heteroatoms. The van der Waals surface area contributed by atoms with Crippen LogP contribution >= 0.6 is 0 Å². The Balaban J connectivity index is 0.000000488. The number of aryl methyl sites for hydroxylation is 1. The van der Waals surface area contributed by atoms with Crippen molar-refractivity contribution in [1.29, 1.82) is 0 Å². The van der Waals surface area contributed by atoms with Crippen LogP contribution in [0.1, 0.15) is 40.0 Å². The molecule has 0 spiro atoms. The van der Waals surface area contributed by atoms with Gasteiger partial charge in [0, 0.05) is 39.6 Å². The van der Waals surface area contributed by atoms with E-state index in [1.165, 1.54) is 0 Å². The fraction of sp³-hybridized carbons (Fsp3) is 0.750. The molecule has 8 nitrogen and oxygen atoms in total. The van der Waals surface area contributed by atoms with E-state index in [-0.39, 0.29) is 12.1 Å². The van der Waals surface area contributed by atoms with Gasteiger partial charge in [-0.1, -0.05) is 0 Å². The number of aliphatic hydroxyl groups excluding tert-OH is 1. The molecule has 1 amide bonds. The third-order valence-electron chi connectivity index (χ3n) is 2.90. The van der Waals surface area contributed by atoms with E-state index >= 15 is 0 Å². The zero-order valence-electron chi connectivity index (χ0n) is 15.4. The van der Waals surface area contributed by atoms with Crippen LogP contribution in [0.3, 0.4) is 0 Å². The van der Waals surface area contributed by atoms with Crippen molar-refractivity contribution in [2.45, 2.75) is 51.7 Å². The van der Waals surface area contributed by atoms with Crippen molar-refractivity contribution < 1.29 is 19.4 Å². The predicted molar refractivity (Wildman–Crippen MR) is 93.6 cm³/mol. The highest BCUT2D eigenvalue weighted by atomic mass is 16.6. The SMILES string of the molecule is CC(C)(C)OC(=O)NC1CCCOCC1.CO.Cn1cc(N)cn1. The maximum Gasteiger partial charge on any atom is 0.407 e. The second kappa shape index (κ2) is 11.7. The molecular formula is C16H32N4O4. The summed E-state index contributed by atoms with van der Waals surface area (Å²) in [4.78, 5) is 11.5. The molecule has 1 aliphatic heterocycles. The van der Waals surface area contributed by atoms with Crippen LogP contribution in [0.25, 0.3) is 0 Å². The molecule has 0 saturated carbocycles. The number of nitrogens with two attached hydrogens (primary N) is 1. The van der Waals surface area contributed by atoms with Crippen molar-refractivity contribution >= 4 is 11.8 Å². The van der Waals surface area contributed by atoms with E-state index in [1.54, 1.807) is 17.1 Å². The summed E-state index contributed by atoms with van der Waals surface area (Å²) in [7, 11) is 2.83. The van der Waals surface area contributed by atoms with Crippen LogP contribution in [-0.2, 0) is 16.5 Å². The molecule has 1 aliphatic rings. The second-order valence-electron chi connectivity index (χ2n) is 6.33. The Hall–Kier alpha value is -1.80. The number of aromatic nitrogens is 2. The molecule has 1 aromatic rings. The first-order valence-electron chi connectivity index (χ1n) is 8.02. The second-order valence-corrected chi connectivity index (χ2v) is 6.33. The third kappa shape index (κ3) is 11.7. The minimum absolute atomic E-state index is 0.197. The van der Waals surface area contributed by atoms with Gasteiger partial charge in [0.1, 0.15) is 5.60 Å². The van der Waals surface area contributed by atoms with Crippen LogP contribution in [0.4, 0.5) is 10.5 Å². The number of amides is 1. The van der Waals surface area contributed by atoms with E-state index in [0.717, 1.165) is 39.6 Å². The number of rotatable bonds is 1. The lowest BCUT2D eigenvalue weighted by molar-refractivity contribution is 0.0497. The van der Waals surface area contributed by atoms with Gasteiger partial charge in [0.25, 0.3) is 0 Å². The molecule has 4 N–H and O–H groups in total. The molecule has 0 aromatic carbocycles. The fourth-order valence-electron chi connectivity index (χ4n) is 1.96. The number of ether oxygens (including phenoxy) is 2. The number of carbonyl (C=O) groups excluding carboxylic acids is 1. The molecule has 1 fully saturated rings. The predicted octanol–water partition coefficient (Wildman–Crippen LogP) is 1.69. The third-order valence-corrected chi connectivity index (χ3v) is 2.90. The lowest BCUT2D eigenvalue weighted by Crippen LogP contribution is -2.39. The average Bonchev–Trinajstić information content (AvgIpc) is 2.72. The van der Waals surface area contributed by atoms with Gasteiger partial charge < -0.3 is 25.6 Å². The van der Waals surface area contributed by atoms with Crippen molar-refractivity contribution in [1.82, 2.24) is 15.1 Å². The molecule has 1 saturated heterocycles. The quantitative estimate of drug-likeness (QED) is 0.715. The normalized spacial score (nSPS) is 17.3. The molecule has 24 heavy (non-hydrogen) atoms. The Morgan fingerprint density at radius 1 is 1.42 bits per heavy atom. The molecule has 0 radical (unpaired) electrons.